The van der Waals surface area contributed by atoms with Gasteiger partial charge < -0.3 is 10.4 Å². The summed E-state index contributed by atoms with van der Waals surface area (Å²) >= 11 is 0. The van der Waals surface area contributed by atoms with Gasteiger partial charge in [0.05, 0.1) is 17.4 Å². The third kappa shape index (κ3) is 4.59. The van der Waals surface area contributed by atoms with Gasteiger partial charge in [-0.1, -0.05) is 31.4 Å². The van der Waals surface area contributed by atoms with Gasteiger partial charge in [-0.25, -0.2) is 0 Å². The van der Waals surface area contributed by atoms with Crippen LogP contribution in [0.4, 0.5) is 5.69 Å². The molecule has 134 valence electrons. The number of hydrogen-bond acceptors (Lipinski definition) is 4. The average Bonchev–Trinajstić information content (AvgIpc) is 3.02. The van der Waals surface area contributed by atoms with E-state index < -0.39 is 0 Å². The van der Waals surface area contributed by atoms with Crippen LogP contribution >= 0.6 is 0 Å². The predicted molar refractivity (Wildman–Crippen MR) is 97.0 cm³/mol. The van der Waals surface area contributed by atoms with Gasteiger partial charge in [0.1, 0.15) is 6.07 Å². The summed E-state index contributed by atoms with van der Waals surface area (Å²) in [5.74, 6) is 0.583. The van der Waals surface area contributed by atoms with E-state index in [9.17, 15) is 9.90 Å². The van der Waals surface area contributed by atoms with E-state index in [0.717, 1.165) is 6.42 Å². The van der Waals surface area contributed by atoms with Crippen molar-refractivity contribution in [1.29, 1.82) is 5.26 Å². The molecule has 1 saturated heterocycles. The summed E-state index contributed by atoms with van der Waals surface area (Å²) in [5.41, 5.74) is 1.05. The first-order valence-corrected chi connectivity index (χ1v) is 9.38. The van der Waals surface area contributed by atoms with Gasteiger partial charge in [-0.2, -0.15) is 5.26 Å². The number of nitriles is 1. The van der Waals surface area contributed by atoms with Crippen LogP contribution in [-0.4, -0.2) is 41.1 Å². The summed E-state index contributed by atoms with van der Waals surface area (Å²) < 4.78 is 0. The van der Waals surface area contributed by atoms with Gasteiger partial charge in [-0.05, 0) is 37.3 Å². The molecule has 2 N–H and O–H groups in total. The molecule has 0 radical (unpaired) electrons. The molecule has 1 aromatic carbocycles. The molecule has 1 aliphatic heterocycles. The molecule has 2 atom stereocenters. The lowest BCUT2D eigenvalue weighted by Gasteiger charge is -2.33. The molecule has 2 aliphatic rings. The summed E-state index contributed by atoms with van der Waals surface area (Å²) in [4.78, 5) is 14.6. The minimum atomic E-state index is -0.269. The molecule has 3 rings (SSSR count). The van der Waals surface area contributed by atoms with Crippen molar-refractivity contribution >= 4 is 11.6 Å². The molecule has 5 heteroatoms. The number of likely N-dealkylation sites (tertiary alicyclic amines) is 1. The zero-order valence-corrected chi connectivity index (χ0v) is 14.7. The second kappa shape index (κ2) is 8.46. The SMILES string of the molecule is N#Cc1ccccc1NC(=O)CCN1C[C@@H](O)C[C@@H]1C1CCCCC1. The number of nitrogens with one attached hydrogen (secondary N) is 1. The molecule has 0 bridgehead atoms. The number of rotatable bonds is 5. The van der Waals surface area contributed by atoms with Crippen molar-refractivity contribution in [1.82, 2.24) is 4.90 Å². The number of amides is 1. The Labute approximate surface area is 149 Å². The summed E-state index contributed by atoms with van der Waals surface area (Å²) in [6, 6.07) is 9.56. The maximum absolute atomic E-state index is 12.3. The quantitative estimate of drug-likeness (QED) is 0.863. The number of carbonyl (C=O) groups excluding carboxylic acids is 1. The first-order valence-electron chi connectivity index (χ1n) is 9.38. The maximum atomic E-state index is 12.3. The van der Waals surface area contributed by atoms with Crippen molar-refractivity contribution < 1.29 is 9.90 Å². The standard InChI is InChI=1S/C20H27N3O2/c21-13-16-8-4-5-9-18(16)22-20(25)10-11-23-14-17(24)12-19(23)15-6-2-1-3-7-15/h4-5,8-9,15,17,19,24H,1-3,6-7,10-12,14H2,(H,22,25)/t17-,19+/m0/s1. The largest absolute Gasteiger partial charge is 0.392 e. The first-order chi connectivity index (χ1) is 12.2. The van der Waals surface area contributed by atoms with Crippen LogP contribution in [0.25, 0.3) is 0 Å². The third-order valence-corrected chi connectivity index (χ3v) is 5.57. The van der Waals surface area contributed by atoms with Gasteiger partial charge in [0, 0.05) is 25.6 Å². The van der Waals surface area contributed by atoms with Gasteiger partial charge in [0.25, 0.3) is 0 Å². The van der Waals surface area contributed by atoms with E-state index in [2.05, 4.69) is 16.3 Å². The Hall–Kier alpha value is -1.90. The smallest absolute Gasteiger partial charge is 0.225 e. The Morgan fingerprint density at radius 1 is 1.28 bits per heavy atom. The zero-order chi connectivity index (χ0) is 17.6. The lowest BCUT2D eigenvalue weighted by Crippen LogP contribution is -2.38. The van der Waals surface area contributed by atoms with Crippen molar-refractivity contribution in [2.45, 2.75) is 57.1 Å². The van der Waals surface area contributed by atoms with Crippen LogP contribution in [0.5, 0.6) is 0 Å². The molecule has 2 fully saturated rings. The van der Waals surface area contributed by atoms with Crippen LogP contribution in [-0.2, 0) is 4.79 Å². The highest BCUT2D eigenvalue weighted by Gasteiger charge is 2.36. The highest BCUT2D eigenvalue weighted by molar-refractivity contribution is 5.92. The third-order valence-electron chi connectivity index (χ3n) is 5.57. The normalized spacial score (nSPS) is 24.8. The number of β-amino-alcohol motifs (C(OH)–C–C–N with tert-alkyl or cyclic N) is 1. The molecule has 0 aromatic heterocycles. The van der Waals surface area contributed by atoms with Crippen LogP contribution in [0.1, 0.15) is 50.5 Å². The van der Waals surface area contributed by atoms with E-state index in [1.54, 1.807) is 18.2 Å². The fourth-order valence-electron chi connectivity index (χ4n) is 4.32. The van der Waals surface area contributed by atoms with E-state index >= 15 is 0 Å². The fraction of sp³-hybridized carbons (Fsp3) is 0.600. The van der Waals surface area contributed by atoms with Gasteiger partial charge in [0.2, 0.25) is 5.91 Å². The molecule has 1 aromatic rings. The minimum Gasteiger partial charge on any atom is -0.392 e. The van der Waals surface area contributed by atoms with E-state index in [-0.39, 0.29) is 12.0 Å². The number of benzene rings is 1. The second-order valence-electron chi connectivity index (χ2n) is 7.31. The molecule has 1 heterocycles. The molecule has 0 unspecified atom stereocenters. The van der Waals surface area contributed by atoms with Crippen molar-refractivity contribution in [2.75, 3.05) is 18.4 Å². The van der Waals surface area contributed by atoms with Gasteiger partial charge >= 0.3 is 0 Å². The number of nitrogens with zero attached hydrogens (tertiary/aromatic N) is 2. The number of anilines is 1. The van der Waals surface area contributed by atoms with E-state index in [1.807, 2.05) is 6.07 Å². The van der Waals surface area contributed by atoms with Crippen LogP contribution in [0.2, 0.25) is 0 Å². The number of aliphatic hydroxyl groups excluding tert-OH is 1. The minimum absolute atomic E-state index is 0.0773. The molecule has 1 amide bonds. The molecule has 1 aliphatic carbocycles. The first kappa shape index (κ1) is 17.9. The number of hydrogen-bond donors (Lipinski definition) is 2. The average molecular weight is 341 g/mol. The zero-order valence-electron chi connectivity index (χ0n) is 14.7. The van der Waals surface area contributed by atoms with Crippen molar-refractivity contribution in [2.24, 2.45) is 5.92 Å². The van der Waals surface area contributed by atoms with Gasteiger partial charge in [-0.3, -0.25) is 9.69 Å². The summed E-state index contributed by atoms with van der Waals surface area (Å²) in [5, 5.41) is 22.0. The molecule has 25 heavy (non-hydrogen) atoms. The number of aliphatic hydroxyl groups is 1. The molecule has 0 spiro atoms. The van der Waals surface area contributed by atoms with Gasteiger partial charge in [0.15, 0.2) is 0 Å². The molecular formula is C20H27N3O2. The number of carbonyl (C=O) groups is 1. The maximum Gasteiger partial charge on any atom is 0.225 e. The Balaban J connectivity index is 1.54. The Kier molecular flexibility index (Phi) is 6.06. The topological polar surface area (TPSA) is 76.4 Å². The lowest BCUT2D eigenvalue weighted by atomic mass is 9.82. The lowest BCUT2D eigenvalue weighted by molar-refractivity contribution is -0.116. The fourth-order valence-corrected chi connectivity index (χ4v) is 4.32. The summed E-state index contributed by atoms with van der Waals surface area (Å²) in [6.07, 6.45) is 7.35. The van der Waals surface area contributed by atoms with E-state index in [1.165, 1.54) is 32.1 Å². The second-order valence-corrected chi connectivity index (χ2v) is 7.31. The van der Waals surface area contributed by atoms with Crippen LogP contribution in [0, 0.1) is 17.2 Å². The van der Waals surface area contributed by atoms with Crippen molar-refractivity contribution in [3.63, 3.8) is 0 Å². The Morgan fingerprint density at radius 2 is 2.04 bits per heavy atom. The van der Waals surface area contributed by atoms with Crippen LogP contribution in [0.3, 0.4) is 0 Å². The van der Waals surface area contributed by atoms with Gasteiger partial charge in [-0.15, -0.1) is 0 Å². The Morgan fingerprint density at radius 3 is 2.80 bits per heavy atom. The van der Waals surface area contributed by atoms with E-state index in [0.29, 0.717) is 42.7 Å². The molecular weight excluding hydrogens is 314 g/mol. The van der Waals surface area contributed by atoms with Crippen molar-refractivity contribution in [3.8, 4) is 6.07 Å². The van der Waals surface area contributed by atoms with E-state index in [4.69, 9.17) is 5.26 Å². The van der Waals surface area contributed by atoms with Crippen molar-refractivity contribution in [3.05, 3.63) is 29.8 Å². The predicted octanol–water partition coefficient (Wildman–Crippen LogP) is 2.90. The Bertz CT molecular complexity index is 634. The monoisotopic (exact) mass is 341 g/mol. The highest BCUT2D eigenvalue weighted by atomic mass is 16.3. The van der Waals surface area contributed by atoms with Crippen LogP contribution in [0.15, 0.2) is 24.3 Å². The molecule has 1 saturated carbocycles. The number of para-hydroxylation sites is 1. The summed E-state index contributed by atoms with van der Waals surface area (Å²) in [6.45, 7) is 1.34. The summed E-state index contributed by atoms with van der Waals surface area (Å²) in [7, 11) is 0. The van der Waals surface area contributed by atoms with Crippen LogP contribution < -0.4 is 5.32 Å². The molecule has 5 nitrogen and oxygen atoms in total. The highest BCUT2D eigenvalue weighted by Crippen LogP contribution is 2.34.